The Kier molecular flexibility index (Phi) is 2.59. The molecule has 1 saturated carbocycles. The summed E-state index contributed by atoms with van der Waals surface area (Å²) in [4.78, 5) is 22.3. The number of anilines is 1. The Morgan fingerprint density at radius 1 is 1.70 bits per heavy atom. The van der Waals surface area contributed by atoms with Gasteiger partial charge in [-0.25, -0.2) is 4.98 Å². The number of aromatic nitrogens is 4. The SMILES string of the molecule is C#C[C@@]1([CH2])C[C@H](n2cnc3c(=O)[nH]c(N)nc32)C[C@H]1O. The molecule has 0 unspecified atom stereocenters. The third kappa shape index (κ3) is 1.69. The van der Waals surface area contributed by atoms with Crippen molar-refractivity contribution < 1.29 is 5.11 Å². The Hall–Kier alpha value is -2.33. The van der Waals surface area contributed by atoms with Crippen molar-refractivity contribution in [1.82, 2.24) is 19.5 Å². The zero-order chi connectivity index (χ0) is 14.5. The van der Waals surface area contributed by atoms with Crippen LogP contribution in [0, 0.1) is 24.7 Å². The molecule has 0 aromatic carbocycles. The summed E-state index contributed by atoms with van der Waals surface area (Å²) in [5.74, 6) is 2.57. The van der Waals surface area contributed by atoms with Crippen LogP contribution in [0.15, 0.2) is 11.1 Å². The Bertz CT molecular complexity index is 771. The Morgan fingerprint density at radius 2 is 2.45 bits per heavy atom. The number of aromatic amines is 1. The fraction of sp³-hybridized carbons (Fsp3) is 0.385. The van der Waals surface area contributed by atoms with Gasteiger partial charge >= 0.3 is 0 Å². The number of terminal acetylenes is 1. The summed E-state index contributed by atoms with van der Waals surface area (Å²) in [6, 6.07) is -0.114. The van der Waals surface area contributed by atoms with Crippen molar-refractivity contribution in [3.63, 3.8) is 0 Å². The Morgan fingerprint density at radius 3 is 3.10 bits per heavy atom. The zero-order valence-electron chi connectivity index (χ0n) is 10.7. The molecular formula is C13H14N5O2. The maximum atomic E-state index is 11.7. The number of aliphatic hydroxyl groups is 1. The fourth-order valence-electron chi connectivity index (χ4n) is 2.70. The number of nitrogens with two attached hydrogens (primary N) is 1. The molecule has 2 aromatic heterocycles. The van der Waals surface area contributed by atoms with Crippen LogP contribution in [0.4, 0.5) is 5.95 Å². The predicted octanol–water partition coefficient (Wildman–Crippen LogP) is -0.149. The number of nitrogens with zero attached hydrogens (tertiary/aromatic N) is 3. The highest BCUT2D eigenvalue weighted by Gasteiger charge is 2.43. The van der Waals surface area contributed by atoms with Crippen LogP contribution in [0.3, 0.4) is 0 Å². The van der Waals surface area contributed by atoms with Gasteiger partial charge in [0.05, 0.1) is 17.8 Å². The van der Waals surface area contributed by atoms with Gasteiger partial charge in [-0.1, -0.05) is 5.92 Å². The monoisotopic (exact) mass is 272 g/mol. The average Bonchev–Trinajstić information content (AvgIpc) is 2.92. The van der Waals surface area contributed by atoms with Crippen molar-refractivity contribution in [1.29, 1.82) is 0 Å². The van der Waals surface area contributed by atoms with Crippen molar-refractivity contribution in [2.75, 3.05) is 5.73 Å². The van der Waals surface area contributed by atoms with E-state index < -0.39 is 11.5 Å². The number of hydrogen-bond donors (Lipinski definition) is 3. The minimum atomic E-state index is -0.825. The summed E-state index contributed by atoms with van der Waals surface area (Å²) in [5.41, 5.74) is 4.96. The van der Waals surface area contributed by atoms with Gasteiger partial charge in [0, 0.05) is 6.04 Å². The molecule has 1 aliphatic rings. The standard InChI is InChI=1S/C13H14N5O2/c1-3-13(2)5-7(4-8(13)19)18-6-15-9-10(18)16-12(14)17-11(9)20/h1,6-8,19H,2,4-5H2,(H3,14,16,17,20)/t7-,8-,13+/m1/s1. The second kappa shape index (κ2) is 4.08. The molecule has 1 fully saturated rings. The van der Waals surface area contributed by atoms with E-state index in [0.717, 1.165) is 0 Å². The molecule has 2 heterocycles. The summed E-state index contributed by atoms with van der Waals surface area (Å²) in [6.07, 6.45) is 7.20. The minimum Gasteiger partial charge on any atom is -0.391 e. The van der Waals surface area contributed by atoms with Crippen LogP contribution in [0.1, 0.15) is 18.9 Å². The lowest BCUT2D eigenvalue weighted by atomic mass is 9.88. The smallest absolute Gasteiger partial charge is 0.280 e. The molecule has 4 N–H and O–H groups in total. The van der Waals surface area contributed by atoms with Gasteiger partial charge in [0.15, 0.2) is 11.2 Å². The van der Waals surface area contributed by atoms with Gasteiger partial charge < -0.3 is 15.4 Å². The molecule has 1 aliphatic carbocycles. The quantitative estimate of drug-likeness (QED) is 0.625. The van der Waals surface area contributed by atoms with Gasteiger partial charge in [0.2, 0.25) is 5.95 Å². The average molecular weight is 272 g/mol. The number of nitrogens with one attached hydrogen (secondary N) is 1. The normalized spacial score (nSPS) is 29.6. The number of nitrogen functional groups attached to an aromatic ring is 1. The van der Waals surface area contributed by atoms with Crippen molar-refractivity contribution in [2.45, 2.75) is 25.0 Å². The van der Waals surface area contributed by atoms with Crippen LogP contribution in [0.5, 0.6) is 0 Å². The molecule has 1 radical (unpaired) electrons. The second-order valence-corrected chi connectivity index (χ2v) is 5.19. The van der Waals surface area contributed by atoms with Crippen LogP contribution >= 0.6 is 0 Å². The maximum Gasteiger partial charge on any atom is 0.280 e. The largest absolute Gasteiger partial charge is 0.391 e. The minimum absolute atomic E-state index is 0.0284. The molecular weight excluding hydrogens is 258 g/mol. The third-order valence-electron chi connectivity index (χ3n) is 3.86. The lowest BCUT2D eigenvalue weighted by molar-refractivity contribution is 0.119. The summed E-state index contributed by atoms with van der Waals surface area (Å²) in [6.45, 7) is 3.91. The molecule has 103 valence electrons. The van der Waals surface area contributed by atoms with Crippen LogP contribution in [-0.2, 0) is 0 Å². The molecule has 3 atom stereocenters. The first-order valence-corrected chi connectivity index (χ1v) is 6.18. The predicted molar refractivity (Wildman–Crippen MR) is 73.5 cm³/mol. The maximum absolute atomic E-state index is 11.7. The molecule has 0 aliphatic heterocycles. The highest BCUT2D eigenvalue weighted by atomic mass is 16.3. The molecule has 2 aromatic rings. The first kappa shape index (κ1) is 12.7. The van der Waals surface area contributed by atoms with Gasteiger partial charge in [-0.05, 0) is 19.8 Å². The van der Waals surface area contributed by atoms with Gasteiger partial charge in [-0.15, -0.1) is 6.42 Å². The highest BCUT2D eigenvalue weighted by molar-refractivity contribution is 5.70. The van der Waals surface area contributed by atoms with Gasteiger partial charge in [0.25, 0.3) is 5.56 Å². The molecule has 3 rings (SSSR count). The highest BCUT2D eigenvalue weighted by Crippen LogP contribution is 2.43. The van der Waals surface area contributed by atoms with E-state index in [1.165, 1.54) is 6.33 Å². The number of fused-ring (bicyclic) bond motifs is 1. The number of aliphatic hydroxyl groups excluding tert-OH is 1. The summed E-state index contributed by atoms with van der Waals surface area (Å²) >= 11 is 0. The number of rotatable bonds is 1. The first-order valence-electron chi connectivity index (χ1n) is 6.18. The zero-order valence-corrected chi connectivity index (χ0v) is 10.7. The number of imidazole rings is 1. The van der Waals surface area contributed by atoms with Crippen LogP contribution in [0.25, 0.3) is 11.2 Å². The van der Waals surface area contributed by atoms with Crippen molar-refractivity contribution in [3.05, 3.63) is 23.6 Å². The Labute approximate surface area is 114 Å². The number of hydrogen-bond acceptors (Lipinski definition) is 5. The van der Waals surface area contributed by atoms with Crippen LogP contribution < -0.4 is 11.3 Å². The summed E-state index contributed by atoms with van der Waals surface area (Å²) in [5, 5.41) is 10.0. The van der Waals surface area contributed by atoms with Crippen LogP contribution in [0.2, 0.25) is 0 Å². The second-order valence-electron chi connectivity index (χ2n) is 5.19. The molecule has 7 nitrogen and oxygen atoms in total. The van der Waals surface area contributed by atoms with E-state index in [0.29, 0.717) is 18.5 Å². The molecule has 0 saturated heterocycles. The van der Waals surface area contributed by atoms with Crippen molar-refractivity contribution in [3.8, 4) is 12.3 Å². The molecule has 0 bridgehead atoms. The van der Waals surface area contributed by atoms with E-state index in [9.17, 15) is 9.90 Å². The van der Waals surface area contributed by atoms with Crippen molar-refractivity contribution in [2.24, 2.45) is 5.41 Å². The first-order chi connectivity index (χ1) is 9.44. The van der Waals surface area contributed by atoms with Gasteiger partial charge in [-0.3, -0.25) is 9.78 Å². The van der Waals surface area contributed by atoms with Gasteiger partial charge in [-0.2, -0.15) is 4.98 Å². The van der Waals surface area contributed by atoms with E-state index in [1.54, 1.807) is 4.57 Å². The van der Waals surface area contributed by atoms with E-state index in [2.05, 4.69) is 27.8 Å². The van der Waals surface area contributed by atoms with Crippen LogP contribution in [-0.4, -0.2) is 30.7 Å². The number of H-pyrrole nitrogens is 1. The van der Waals surface area contributed by atoms with E-state index in [-0.39, 0.29) is 23.1 Å². The van der Waals surface area contributed by atoms with E-state index >= 15 is 0 Å². The summed E-state index contributed by atoms with van der Waals surface area (Å²) < 4.78 is 1.73. The lowest BCUT2D eigenvalue weighted by Gasteiger charge is -2.20. The topological polar surface area (TPSA) is 110 Å². The molecule has 20 heavy (non-hydrogen) atoms. The molecule has 0 spiro atoms. The molecule has 0 amide bonds. The fourth-order valence-corrected chi connectivity index (χ4v) is 2.70. The van der Waals surface area contributed by atoms with E-state index in [4.69, 9.17) is 12.2 Å². The Balaban J connectivity index is 2.09. The summed E-state index contributed by atoms with van der Waals surface area (Å²) in [7, 11) is 0. The van der Waals surface area contributed by atoms with E-state index in [1.807, 2.05) is 0 Å². The molecule has 7 heteroatoms. The lowest BCUT2D eigenvalue weighted by Crippen LogP contribution is -2.24. The third-order valence-corrected chi connectivity index (χ3v) is 3.86. The van der Waals surface area contributed by atoms with Gasteiger partial charge in [0.1, 0.15) is 0 Å². The van der Waals surface area contributed by atoms with Crippen molar-refractivity contribution >= 4 is 17.1 Å².